The Bertz CT molecular complexity index is 665. The third-order valence-corrected chi connectivity index (χ3v) is 5.54. The van der Waals surface area contributed by atoms with E-state index >= 15 is 0 Å². The first kappa shape index (κ1) is 14.2. The summed E-state index contributed by atoms with van der Waals surface area (Å²) in [7, 11) is 0. The number of amides is 1. The van der Waals surface area contributed by atoms with Crippen molar-refractivity contribution in [2.24, 2.45) is 0 Å². The van der Waals surface area contributed by atoms with Crippen molar-refractivity contribution in [3.63, 3.8) is 0 Å². The fourth-order valence-electron chi connectivity index (χ4n) is 3.55. The lowest BCUT2D eigenvalue weighted by Crippen LogP contribution is -2.36. The number of likely N-dealkylation sites (tertiary alicyclic amines) is 2. The minimum Gasteiger partial charge on any atom is -0.337 e. The van der Waals surface area contributed by atoms with Gasteiger partial charge in [-0.15, -0.1) is 11.3 Å². The van der Waals surface area contributed by atoms with Crippen LogP contribution in [0.25, 0.3) is 4.96 Å². The SMILES string of the molecule is O=C(c1nc2sccn2c1CN1CCCC1)N1CCCCC1. The summed E-state index contributed by atoms with van der Waals surface area (Å²) < 4.78 is 2.11. The van der Waals surface area contributed by atoms with Crippen LogP contribution in [0.3, 0.4) is 0 Å². The van der Waals surface area contributed by atoms with Crippen LogP contribution in [0.2, 0.25) is 0 Å². The van der Waals surface area contributed by atoms with Gasteiger partial charge in [-0.2, -0.15) is 0 Å². The van der Waals surface area contributed by atoms with E-state index in [2.05, 4.69) is 14.3 Å². The lowest BCUT2D eigenvalue weighted by atomic mass is 10.1. The average Bonchev–Trinajstić information content (AvgIpc) is 3.26. The number of nitrogens with zero attached hydrogens (tertiary/aromatic N) is 4. The summed E-state index contributed by atoms with van der Waals surface area (Å²) in [4.78, 5) is 22.9. The van der Waals surface area contributed by atoms with Crippen LogP contribution in [-0.2, 0) is 6.54 Å². The predicted octanol–water partition coefficient (Wildman–Crippen LogP) is 2.62. The topological polar surface area (TPSA) is 40.9 Å². The van der Waals surface area contributed by atoms with Gasteiger partial charge in [-0.1, -0.05) is 0 Å². The molecule has 5 nitrogen and oxygen atoms in total. The molecular weight excluding hydrogens is 296 g/mol. The molecule has 0 aliphatic carbocycles. The first-order valence-corrected chi connectivity index (χ1v) is 9.17. The van der Waals surface area contributed by atoms with E-state index in [4.69, 9.17) is 0 Å². The highest BCUT2D eigenvalue weighted by molar-refractivity contribution is 7.15. The van der Waals surface area contributed by atoms with E-state index in [0.29, 0.717) is 5.69 Å². The standard InChI is InChI=1S/C16H22N4OS/c21-15(19-8-2-1-3-9-19)14-13(12-18-6-4-5-7-18)20-10-11-22-16(20)17-14/h10-11H,1-9,12H2. The number of hydrogen-bond donors (Lipinski definition) is 0. The molecule has 2 aliphatic heterocycles. The number of carbonyl (C=O) groups is 1. The number of imidazole rings is 1. The van der Waals surface area contributed by atoms with Crippen LogP contribution in [0.4, 0.5) is 0 Å². The molecular formula is C16H22N4OS. The van der Waals surface area contributed by atoms with Gasteiger partial charge < -0.3 is 4.90 Å². The molecule has 2 saturated heterocycles. The van der Waals surface area contributed by atoms with Gasteiger partial charge in [0.15, 0.2) is 10.7 Å². The maximum absolute atomic E-state index is 12.9. The molecule has 0 saturated carbocycles. The second kappa shape index (κ2) is 6.01. The number of carbonyl (C=O) groups excluding carboxylic acids is 1. The molecule has 4 rings (SSSR count). The van der Waals surface area contributed by atoms with Gasteiger partial charge in [0.2, 0.25) is 0 Å². The maximum atomic E-state index is 12.9. The molecule has 2 fully saturated rings. The van der Waals surface area contributed by atoms with Crippen molar-refractivity contribution in [1.29, 1.82) is 0 Å². The molecule has 1 amide bonds. The van der Waals surface area contributed by atoms with Crippen LogP contribution < -0.4 is 0 Å². The van der Waals surface area contributed by atoms with Crippen LogP contribution in [0.5, 0.6) is 0 Å². The Morgan fingerprint density at radius 2 is 1.82 bits per heavy atom. The van der Waals surface area contributed by atoms with Gasteiger partial charge >= 0.3 is 0 Å². The number of thiazole rings is 1. The van der Waals surface area contributed by atoms with Gasteiger partial charge in [-0.25, -0.2) is 4.98 Å². The van der Waals surface area contributed by atoms with Gasteiger partial charge in [-0.05, 0) is 45.2 Å². The largest absolute Gasteiger partial charge is 0.337 e. The third kappa shape index (κ3) is 2.54. The Labute approximate surface area is 134 Å². The van der Waals surface area contributed by atoms with Crippen molar-refractivity contribution in [3.05, 3.63) is 23.0 Å². The number of fused-ring (bicyclic) bond motifs is 1. The zero-order valence-electron chi connectivity index (χ0n) is 12.8. The Balaban J connectivity index is 1.66. The Morgan fingerprint density at radius 1 is 1.09 bits per heavy atom. The molecule has 6 heteroatoms. The minimum atomic E-state index is 0.129. The smallest absolute Gasteiger partial charge is 0.274 e. The van der Waals surface area contributed by atoms with Crippen molar-refractivity contribution < 1.29 is 4.79 Å². The summed E-state index contributed by atoms with van der Waals surface area (Å²) in [5, 5.41) is 2.05. The highest BCUT2D eigenvalue weighted by atomic mass is 32.1. The minimum absolute atomic E-state index is 0.129. The number of aromatic nitrogens is 2. The highest BCUT2D eigenvalue weighted by Gasteiger charge is 2.27. The van der Waals surface area contributed by atoms with E-state index in [1.54, 1.807) is 11.3 Å². The fourth-order valence-corrected chi connectivity index (χ4v) is 4.29. The second-order valence-electron chi connectivity index (χ2n) is 6.30. The van der Waals surface area contributed by atoms with Crippen molar-refractivity contribution in [2.75, 3.05) is 26.2 Å². The van der Waals surface area contributed by atoms with E-state index in [1.165, 1.54) is 19.3 Å². The fraction of sp³-hybridized carbons (Fsp3) is 0.625. The van der Waals surface area contributed by atoms with E-state index in [1.807, 2.05) is 16.5 Å². The molecule has 0 aromatic carbocycles. The summed E-state index contributed by atoms with van der Waals surface area (Å²) in [6.45, 7) is 4.87. The Morgan fingerprint density at radius 3 is 2.59 bits per heavy atom. The Kier molecular flexibility index (Phi) is 3.88. The number of hydrogen-bond acceptors (Lipinski definition) is 4. The van der Waals surface area contributed by atoms with Crippen LogP contribution in [0, 0.1) is 0 Å². The molecule has 0 N–H and O–H groups in total. The molecule has 118 valence electrons. The van der Waals surface area contributed by atoms with Crippen LogP contribution in [-0.4, -0.2) is 51.3 Å². The van der Waals surface area contributed by atoms with Crippen molar-refractivity contribution >= 4 is 22.2 Å². The van der Waals surface area contributed by atoms with Crippen molar-refractivity contribution in [3.8, 4) is 0 Å². The summed E-state index contributed by atoms with van der Waals surface area (Å²) in [5.74, 6) is 0.129. The van der Waals surface area contributed by atoms with E-state index in [9.17, 15) is 4.79 Å². The monoisotopic (exact) mass is 318 g/mol. The van der Waals surface area contributed by atoms with Crippen LogP contribution >= 0.6 is 11.3 Å². The van der Waals surface area contributed by atoms with Crippen LogP contribution in [0.15, 0.2) is 11.6 Å². The molecule has 0 unspecified atom stereocenters. The number of rotatable bonds is 3. The molecule has 2 aliphatic rings. The van der Waals surface area contributed by atoms with Gasteiger partial charge in [0, 0.05) is 31.2 Å². The molecule has 2 aromatic heterocycles. The molecule has 4 heterocycles. The van der Waals surface area contributed by atoms with Gasteiger partial charge in [0.05, 0.1) is 5.69 Å². The molecule has 0 atom stereocenters. The van der Waals surface area contributed by atoms with Gasteiger partial charge in [0.25, 0.3) is 5.91 Å². The Hall–Kier alpha value is -1.40. The van der Waals surface area contributed by atoms with E-state index in [0.717, 1.165) is 56.2 Å². The summed E-state index contributed by atoms with van der Waals surface area (Å²) >= 11 is 1.61. The lowest BCUT2D eigenvalue weighted by Gasteiger charge is -2.26. The zero-order chi connectivity index (χ0) is 14.9. The van der Waals surface area contributed by atoms with E-state index < -0.39 is 0 Å². The average molecular weight is 318 g/mol. The van der Waals surface area contributed by atoms with Crippen molar-refractivity contribution in [2.45, 2.75) is 38.6 Å². The maximum Gasteiger partial charge on any atom is 0.274 e. The van der Waals surface area contributed by atoms with Crippen LogP contribution in [0.1, 0.15) is 48.3 Å². The van der Waals surface area contributed by atoms with Gasteiger partial charge in [-0.3, -0.25) is 14.1 Å². The summed E-state index contributed by atoms with van der Waals surface area (Å²) in [6.07, 6.45) is 8.06. The first-order valence-electron chi connectivity index (χ1n) is 8.29. The third-order valence-electron chi connectivity index (χ3n) is 4.78. The molecule has 22 heavy (non-hydrogen) atoms. The second-order valence-corrected chi connectivity index (χ2v) is 7.17. The summed E-state index contributed by atoms with van der Waals surface area (Å²) in [5.41, 5.74) is 1.76. The highest BCUT2D eigenvalue weighted by Crippen LogP contribution is 2.23. The molecule has 0 radical (unpaired) electrons. The van der Waals surface area contributed by atoms with E-state index in [-0.39, 0.29) is 5.91 Å². The molecule has 0 bridgehead atoms. The van der Waals surface area contributed by atoms with Gasteiger partial charge in [0.1, 0.15) is 0 Å². The normalized spacial score (nSPS) is 20.1. The quantitative estimate of drug-likeness (QED) is 0.873. The van der Waals surface area contributed by atoms with Crippen molar-refractivity contribution in [1.82, 2.24) is 19.2 Å². The lowest BCUT2D eigenvalue weighted by molar-refractivity contribution is 0.0716. The zero-order valence-corrected chi connectivity index (χ0v) is 13.6. The number of piperidine rings is 1. The predicted molar refractivity (Wildman–Crippen MR) is 87.3 cm³/mol. The molecule has 0 spiro atoms. The first-order chi connectivity index (χ1) is 10.8. The molecule has 2 aromatic rings. The summed E-state index contributed by atoms with van der Waals surface area (Å²) in [6, 6.07) is 0.